The second-order valence-electron chi connectivity index (χ2n) is 18.9. The summed E-state index contributed by atoms with van der Waals surface area (Å²) in [5, 5.41) is 0. The zero-order valence-electron chi connectivity index (χ0n) is 44.5. The van der Waals surface area contributed by atoms with Crippen LogP contribution in [0.3, 0.4) is 0 Å². The fourth-order valence-electron chi connectivity index (χ4n) is 9.19. The van der Waals surface area contributed by atoms with Crippen LogP contribution in [0.2, 0.25) is 0 Å². The summed E-state index contributed by atoms with van der Waals surface area (Å²) in [7, 11) is 0. The van der Waals surface area contributed by atoms with E-state index in [9.17, 15) is 0 Å². The Labute approximate surface area is 440 Å². The summed E-state index contributed by atoms with van der Waals surface area (Å²) >= 11 is 0. The van der Waals surface area contributed by atoms with Crippen molar-refractivity contribution >= 4 is 5.57 Å². The van der Waals surface area contributed by atoms with E-state index >= 15 is 0 Å². The molecular weight excluding hydrogens is 898 g/mol. The second kappa shape index (κ2) is 27.5. The average Bonchev–Trinajstić information content (AvgIpc) is 3.10. The van der Waals surface area contributed by atoms with Gasteiger partial charge < -0.3 is 42.5 Å². The van der Waals surface area contributed by atoms with Gasteiger partial charge in [0.1, 0.15) is 0 Å². The van der Waals surface area contributed by atoms with Gasteiger partial charge >= 0.3 is 0 Å². The molecule has 0 heterocycles. The topological polar surface area (TPSA) is 0 Å². The van der Waals surface area contributed by atoms with E-state index in [1.54, 1.807) is 0 Å². The van der Waals surface area contributed by atoms with Crippen molar-refractivity contribution in [2.45, 2.75) is 189 Å². The van der Waals surface area contributed by atoms with Gasteiger partial charge in [0.05, 0.1) is 0 Å². The van der Waals surface area contributed by atoms with Gasteiger partial charge in [-0.3, -0.25) is 0 Å². The fourth-order valence-corrected chi connectivity index (χ4v) is 9.19. The number of benzene rings is 4. The molecule has 0 aliphatic carbocycles. The minimum atomic E-state index is -0.0443. The smallest absolute Gasteiger partial charge is 0 e. The maximum atomic E-state index is 3.57. The molecule has 0 aliphatic heterocycles. The van der Waals surface area contributed by atoms with Crippen LogP contribution in [-0.4, -0.2) is 0 Å². The largest absolute Gasteiger partial charge is 0.358 e. The van der Waals surface area contributed by atoms with Gasteiger partial charge in [0, 0.05) is 65.4 Å². The molecule has 4 aromatic carbocycles. The van der Waals surface area contributed by atoms with Crippen molar-refractivity contribution in [3.8, 4) is 0 Å². The number of hydrogen-bond donors (Lipinski definition) is 0. The summed E-state index contributed by atoms with van der Waals surface area (Å²) in [6.45, 7) is 50.0. The van der Waals surface area contributed by atoms with E-state index < -0.39 is 0 Å². The third-order valence-electron chi connectivity index (χ3n) is 13.5. The quantitative estimate of drug-likeness (QED) is 0.139. The third-order valence-corrected chi connectivity index (χ3v) is 13.5. The first-order valence-electron chi connectivity index (χ1n) is 20.7. The van der Waals surface area contributed by atoms with Gasteiger partial charge in [0.25, 0.3) is 0 Å². The van der Waals surface area contributed by atoms with Crippen LogP contribution in [0.4, 0.5) is 0 Å². The molecule has 0 aromatic heterocycles. The predicted octanol–water partition coefficient (Wildman–Crippen LogP) is 18.1. The Kier molecular flexibility index (Phi) is 30.9. The SMILES string of the molecule is C.C[CH-]CC(C)(C)c1[c-]cc(C)c(C(=C(C)C)c2c(C)c(C)c(C)c(C)c2C)c1.C[CH-]CC(C)(C)c1[c-]cc(C)c(C(C)(C)c2c(C)c(C)c(C)c(C)c2C)c1.[CH3-].[CH3-].[CH3-].[CH3-].[Y].[Y]. The molecule has 0 saturated carbocycles. The zero-order chi connectivity index (χ0) is 42.1. The molecule has 0 aliphatic rings. The van der Waals surface area contributed by atoms with Gasteiger partial charge in [-0.1, -0.05) is 79.2 Å². The molecule has 0 amide bonds. The van der Waals surface area contributed by atoms with Crippen molar-refractivity contribution in [3.63, 3.8) is 0 Å². The van der Waals surface area contributed by atoms with Crippen LogP contribution in [0.25, 0.3) is 5.57 Å². The van der Waals surface area contributed by atoms with Crippen LogP contribution < -0.4 is 0 Å². The van der Waals surface area contributed by atoms with Gasteiger partial charge in [0.15, 0.2) is 0 Å². The van der Waals surface area contributed by atoms with Crippen molar-refractivity contribution in [1.29, 1.82) is 0 Å². The summed E-state index contributed by atoms with van der Waals surface area (Å²) in [5.74, 6) is 0. The molecule has 62 heavy (non-hydrogen) atoms. The third kappa shape index (κ3) is 14.4. The van der Waals surface area contributed by atoms with E-state index in [0.717, 1.165) is 12.8 Å². The van der Waals surface area contributed by atoms with E-state index in [2.05, 4.69) is 202 Å². The summed E-state index contributed by atoms with van der Waals surface area (Å²) in [6.07, 6.45) is 6.64. The van der Waals surface area contributed by atoms with Gasteiger partial charge in [0.2, 0.25) is 0 Å². The van der Waals surface area contributed by atoms with Crippen molar-refractivity contribution in [2.24, 2.45) is 0 Å². The molecule has 0 unspecified atom stereocenters. The minimum Gasteiger partial charge on any atom is -0.358 e. The molecule has 346 valence electrons. The Balaban J connectivity index is -0.000000314. The van der Waals surface area contributed by atoms with Crippen LogP contribution in [0, 0.1) is 138 Å². The van der Waals surface area contributed by atoms with Crippen LogP contribution in [0.5, 0.6) is 0 Å². The van der Waals surface area contributed by atoms with Crippen LogP contribution in [-0.2, 0) is 81.7 Å². The molecule has 4 rings (SSSR count). The first kappa shape index (κ1) is 69.9. The Bertz CT molecular complexity index is 2020. The van der Waals surface area contributed by atoms with E-state index in [4.69, 9.17) is 0 Å². The minimum absolute atomic E-state index is 0. The van der Waals surface area contributed by atoms with E-state index in [1.165, 1.54) is 111 Å². The van der Waals surface area contributed by atoms with Gasteiger partial charge in [-0.2, -0.15) is 85.3 Å². The molecule has 0 bridgehead atoms. The van der Waals surface area contributed by atoms with Gasteiger partial charge in [-0.05, 0) is 161 Å². The Morgan fingerprint density at radius 2 is 0.823 bits per heavy atom. The molecule has 0 spiro atoms. The van der Waals surface area contributed by atoms with Crippen LogP contribution in [0.1, 0.15) is 190 Å². The first-order valence-corrected chi connectivity index (χ1v) is 20.7. The Hall–Kier alpha value is -1.17. The number of rotatable bonds is 10. The van der Waals surface area contributed by atoms with Gasteiger partial charge in [-0.15, -0.1) is 11.1 Å². The monoisotopic (exact) mass is 991 g/mol. The van der Waals surface area contributed by atoms with Crippen LogP contribution >= 0.6 is 0 Å². The standard InChI is InChI=1S/C28H38.C27H38.CH4.4CH3.2Y/c1-12-15-28(10,11)24-14-13-18(4)25(16-24)26(17(2)3)27-22(8)20(6)19(5)21(7)23(27)9;1-12-15-26(8,9)23-14-13-17(2)24(16-23)27(10,11)25-21(6)19(4)18(3)20(5)22(25)7;;;;;;;/h12-13,16H,15H2,1-11H3;12-13,16H,15H2,1-11H3;1H4;4*1H3;;/q2*-2;;4*-1;;. The van der Waals surface area contributed by atoms with E-state index in [1.807, 2.05) is 0 Å². The molecular formula is C60H92Y2-8. The molecule has 0 fully saturated rings. The van der Waals surface area contributed by atoms with Crippen molar-refractivity contribution < 1.29 is 65.4 Å². The Morgan fingerprint density at radius 1 is 0.500 bits per heavy atom. The van der Waals surface area contributed by atoms with E-state index in [-0.39, 0.29) is 119 Å². The molecule has 2 radical (unpaired) electrons. The molecule has 0 nitrogen and oxygen atoms in total. The number of allylic oxidation sites excluding steroid dienone is 1. The van der Waals surface area contributed by atoms with E-state index in [0.29, 0.717) is 0 Å². The Morgan fingerprint density at radius 3 is 1.18 bits per heavy atom. The number of hydrogen-bond acceptors (Lipinski definition) is 0. The normalized spacial score (nSPS) is 10.7. The maximum Gasteiger partial charge on any atom is 0 e. The molecule has 0 N–H and O–H groups in total. The van der Waals surface area contributed by atoms with Crippen molar-refractivity contribution in [3.05, 3.63) is 185 Å². The summed E-state index contributed by atoms with van der Waals surface area (Å²) in [6, 6.07) is 16.3. The number of aryl methyl sites for hydroxylation is 2. The molecule has 0 atom stereocenters. The zero-order valence-corrected chi connectivity index (χ0v) is 50.2. The fraction of sp³-hybridized carbons (Fsp3) is 0.467. The average molecular weight is 991 g/mol. The molecule has 2 heteroatoms. The summed E-state index contributed by atoms with van der Waals surface area (Å²) in [4.78, 5) is 0. The van der Waals surface area contributed by atoms with Gasteiger partial charge in [-0.25, -0.2) is 0 Å². The van der Waals surface area contributed by atoms with Crippen molar-refractivity contribution in [1.82, 2.24) is 0 Å². The maximum absolute atomic E-state index is 3.57. The molecule has 4 aromatic rings. The first-order chi connectivity index (χ1) is 25.3. The summed E-state index contributed by atoms with van der Waals surface area (Å²) in [5.41, 5.74) is 28.1. The van der Waals surface area contributed by atoms with Crippen LogP contribution in [0.15, 0.2) is 29.8 Å². The van der Waals surface area contributed by atoms with Crippen molar-refractivity contribution in [2.75, 3.05) is 0 Å². The second-order valence-corrected chi connectivity index (χ2v) is 18.9. The predicted molar refractivity (Wildman–Crippen MR) is 277 cm³/mol. The summed E-state index contributed by atoms with van der Waals surface area (Å²) < 4.78 is 0. The molecule has 0 saturated heterocycles.